The Morgan fingerprint density at radius 1 is 1.55 bits per heavy atom. The van der Waals surface area contributed by atoms with E-state index in [-0.39, 0.29) is 6.42 Å². The van der Waals surface area contributed by atoms with Crippen LogP contribution in [0.2, 0.25) is 0 Å². The molecule has 0 unspecified atom stereocenters. The Bertz CT molecular complexity index is 226. The summed E-state index contributed by atoms with van der Waals surface area (Å²) in [4.78, 5) is 32.0. The van der Waals surface area contributed by atoms with Gasteiger partial charge in [-0.2, -0.15) is 0 Å². The van der Waals surface area contributed by atoms with Crippen LogP contribution >= 0.6 is 0 Å². The molecule has 60 valence electrons. The van der Waals surface area contributed by atoms with E-state index in [4.69, 9.17) is 0 Å². The molecule has 1 atom stereocenters. The maximum Gasteiger partial charge on any atom is 0.322 e. The third-order valence-electron chi connectivity index (χ3n) is 1.73. The van der Waals surface area contributed by atoms with Crippen LogP contribution in [-0.2, 0) is 9.59 Å². The van der Waals surface area contributed by atoms with Gasteiger partial charge < -0.3 is 10.1 Å². The second-order valence-corrected chi connectivity index (χ2v) is 2.35. The van der Waals surface area contributed by atoms with Crippen molar-refractivity contribution in [3.05, 3.63) is 0 Å². The first kappa shape index (κ1) is 7.71. The van der Waals surface area contributed by atoms with Gasteiger partial charge in [0, 0.05) is 0 Å². The second kappa shape index (κ2) is 2.34. The van der Waals surface area contributed by atoms with E-state index in [9.17, 15) is 14.4 Å². The number of rotatable bonds is 2. The Hall–Kier alpha value is -1.39. The van der Waals surface area contributed by atoms with Gasteiger partial charge >= 0.3 is 6.03 Å². The zero-order chi connectivity index (χ0) is 8.48. The Labute approximate surface area is 63.1 Å². The first-order valence-corrected chi connectivity index (χ1v) is 3.24. The summed E-state index contributed by atoms with van der Waals surface area (Å²) in [5, 5.41) is 4.24. The van der Waals surface area contributed by atoms with Crippen molar-refractivity contribution in [3.8, 4) is 0 Å². The van der Waals surface area contributed by atoms with Crippen LogP contribution in [0.4, 0.5) is 4.79 Å². The molecule has 1 aliphatic heterocycles. The first-order chi connectivity index (χ1) is 5.14. The number of imide groups is 1. The van der Waals surface area contributed by atoms with E-state index < -0.39 is 17.5 Å². The van der Waals surface area contributed by atoms with Crippen LogP contribution in [0.1, 0.15) is 13.3 Å². The number of aldehydes is 1. The van der Waals surface area contributed by atoms with Gasteiger partial charge in [-0.15, -0.1) is 0 Å². The molecule has 0 aromatic rings. The molecular formula is C6H8N2O3. The van der Waals surface area contributed by atoms with Crippen LogP contribution in [0.5, 0.6) is 0 Å². The Morgan fingerprint density at radius 2 is 2.18 bits per heavy atom. The van der Waals surface area contributed by atoms with Gasteiger partial charge in [0.05, 0.1) is 0 Å². The number of urea groups is 1. The lowest BCUT2D eigenvalue weighted by molar-refractivity contribution is -0.128. The third-order valence-corrected chi connectivity index (χ3v) is 1.73. The smallest absolute Gasteiger partial charge is 0.317 e. The van der Waals surface area contributed by atoms with Crippen molar-refractivity contribution in [3.63, 3.8) is 0 Å². The lowest BCUT2D eigenvalue weighted by Crippen LogP contribution is -2.47. The summed E-state index contributed by atoms with van der Waals surface area (Å²) in [6.07, 6.45) is 0.724. The van der Waals surface area contributed by atoms with Gasteiger partial charge in [-0.1, -0.05) is 6.92 Å². The van der Waals surface area contributed by atoms with E-state index in [2.05, 4.69) is 5.32 Å². The molecule has 0 aromatic carbocycles. The van der Waals surface area contributed by atoms with E-state index >= 15 is 0 Å². The van der Waals surface area contributed by atoms with Crippen molar-refractivity contribution >= 4 is 18.2 Å². The van der Waals surface area contributed by atoms with Crippen molar-refractivity contribution in [2.75, 3.05) is 0 Å². The van der Waals surface area contributed by atoms with E-state index in [0.717, 1.165) is 0 Å². The quantitative estimate of drug-likeness (QED) is 0.311. The fourth-order valence-electron chi connectivity index (χ4n) is 0.921. The molecule has 0 aliphatic carbocycles. The normalized spacial score (nSPS) is 29.5. The van der Waals surface area contributed by atoms with Crippen molar-refractivity contribution in [1.29, 1.82) is 0 Å². The molecule has 0 spiro atoms. The zero-order valence-corrected chi connectivity index (χ0v) is 6.01. The van der Waals surface area contributed by atoms with Crippen LogP contribution in [0.3, 0.4) is 0 Å². The van der Waals surface area contributed by atoms with Gasteiger partial charge in [0.15, 0.2) is 11.8 Å². The van der Waals surface area contributed by atoms with Gasteiger partial charge in [-0.25, -0.2) is 4.79 Å². The monoisotopic (exact) mass is 156 g/mol. The number of hydrogen-bond acceptors (Lipinski definition) is 3. The molecule has 11 heavy (non-hydrogen) atoms. The van der Waals surface area contributed by atoms with E-state index in [1.54, 1.807) is 6.92 Å². The van der Waals surface area contributed by atoms with E-state index in [0.29, 0.717) is 6.29 Å². The van der Waals surface area contributed by atoms with Gasteiger partial charge in [0.1, 0.15) is 0 Å². The predicted octanol–water partition coefficient (Wildman–Crippen LogP) is -0.827. The first-order valence-electron chi connectivity index (χ1n) is 3.24. The van der Waals surface area contributed by atoms with Crippen molar-refractivity contribution in [1.82, 2.24) is 10.6 Å². The van der Waals surface area contributed by atoms with Crippen LogP contribution in [-0.4, -0.2) is 23.8 Å². The fourth-order valence-corrected chi connectivity index (χ4v) is 0.921. The predicted molar refractivity (Wildman–Crippen MR) is 35.8 cm³/mol. The highest BCUT2D eigenvalue weighted by Crippen LogP contribution is 2.11. The number of carbonyl (C=O) groups excluding carboxylic acids is 3. The number of amides is 3. The zero-order valence-electron chi connectivity index (χ0n) is 6.01. The molecule has 1 fully saturated rings. The van der Waals surface area contributed by atoms with Crippen LogP contribution in [0, 0.1) is 0 Å². The lowest BCUT2D eigenvalue weighted by Gasteiger charge is -2.14. The average Bonchev–Trinajstić information content (AvgIpc) is 2.27. The maximum atomic E-state index is 10.9. The molecule has 1 saturated heterocycles. The summed E-state index contributed by atoms with van der Waals surface area (Å²) in [7, 11) is 0. The van der Waals surface area contributed by atoms with Crippen LogP contribution in [0.25, 0.3) is 0 Å². The highest BCUT2D eigenvalue weighted by Gasteiger charge is 2.44. The van der Waals surface area contributed by atoms with E-state index in [1.807, 2.05) is 5.32 Å². The molecule has 1 rings (SSSR count). The van der Waals surface area contributed by atoms with Crippen molar-refractivity contribution < 1.29 is 14.4 Å². The number of hydrogen-bond donors (Lipinski definition) is 2. The molecule has 0 aromatic heterocycles. The van der Waals surface area contributed by atoms with Crippen LogP contribution in [0.15, 0.2) is 0 Å². The topological polar surface area (TPSA) is 75.3 Å². The molecule has 0 bridgehead atoms. The minimum absolute atomic E-state index is 0.272. The molecule has 5 heteroatoms. The minimum atomic E-state index is -1.32. The van der Waals surface area contributed by atoms with Gasteiger partial charge in [-0.05, 0) is 6.42 Å². The molecule has 3 amide bonds. The maximum absolute atomic E-state index is 10.9. The molecule has 1 aliphatic rings. The fraction of sp³-hybridized carbons (Fsp3) is 0.500. The third kappa shape index (κ3) is 0.978. The molecular weight excluding hydrogens is 148 g/mol. The SMILES string of the molecule is CC[C@@]1(C=O)NC(=O)NC1=O. The Balaban J connectivity index is 2.93. The summed E-state index contributed by atoms with van der Waals surface area (Å²) in [6.45, 7) is 1.65. The summed E-state index contributed by atoms with van der Waals surface area (Å²) in [6, 6.07) is -0.607. The molecule has 0 saturated carbocycles. The van der Waals surface area contributed by atoms with E-state index in [1.165, 1.54) is 0 Å². The molecule has 0 radical (unpaired) electrons. The highest BCUT2D eigenvalue weighted by molar-refractivity contribution is 6.15. The van der Waals surface area contributed by atoms with Crippen molar-refractivity contribution in [2.24, 2.45) is 0 Å². The Morgan fingerprint density at radius 3 is 2.36 bits per heavy atom. The number of carbonyl (C=O) groups is 3. The largest absolute Gasteiger partial charge is 0.322 e. The van der Waals surface area contributed by atoms with Crippen molar-refractivity contribution in [2.45, 2.75) is 18.9 Å². The van der Waals surface area contributed by atoms with Gasteiger partial charge in [0.2, 0.25) is 0 Å². The summed E-state index contributed by atoms with van der Waals surface area (Å²) in [5.74, 6) is -0.569. The molecule has 2 N–H and O–H groups in total. The average molecular weight is 156 g/mol. The molecule has 1 heterocycles. The van der Waals surface area contributed by atoms with Crippen LogP contribution < -0.4 is 10.6 Å². The van der Waals surface area contributed by atoms with Gasteiger partial charge in [-0.3, -0.25) is 10.1 Å². The number of nitrogens with one attached hydrogen (secondary N) is 2. The summed E-state index contributed by atoms with van der Waals surface area (Å²) < 4.78 is 0. The summed E-state index contributed by atoms with van der Waals surface area (Å²) in [5.41, 5.74) is -1.32. The second-order valence-electron chi connectivity index (χ2n) is 2.35. The highest BCUT2D eigenvalue weighted by atomic mass is 16.2. The minimum Gasteiger partial charge on any atom is -0.317 e. The lowest BCUT2D eigenvalue weighted by atomic mass is 9.99. The van der Waals surface area contributed by atoms with Gasteiger partial charge in [0.25, 0.3) is 5.91 Å². The standard InChI is InChI=1S/C6H8N2O3/c1-2-6(3-9)4(10)7-5(11)8-6/h3H,2H2,1H3,(H2,7,8,10,11)/t6-/m0/s1. The molecule has 5 nitrogen and oxygen atoms in total. The Kier molecular flexibility index (Phi) is 1.64. The summed E-state index contributed by atoms with van der Waals surface area (Å²) >= 11 is 0.